The first-order valence-corrected chi connectivity index (χ1v) is 5.31. The third kappa shape index (κ3) is 4.50. The summed E-state index contributed by atoms with van der Waals surface area (Å²) in [5.41, 5.74) is 6.06. The molecule has 3 N–H and O–H groups in total. The van der Waals surface area contributed by atoms with E-state index in [1.807, 2.05) is 0 Å². The second kappa shape index (κ2) is 6.79. The minimum Gasteiger partial charge on any atom is -0.327 e. The molecule has 0 aliphatic carbocycles. The lowest BCUT2D eigenvalue weighted by atomic mass is 10.0. The summed E-state index contributed by atoms with van der Waals surface area (Å²) in [6.07, 6.45) is 0. The number of amides is 1. The third-order valence-electron chi connectivity index (χ3n) is 2.39. The summed E-state index contributed by atoms with van der Waals surface area (Å²) in [7, 11) is 0. The maximum Gasteiger partial charge on any atom is 0.228 e. The molecule has 3 nitrogen and oxygen atoms in total. The van der Waals surface area contributed by atoms with E-state index in [2.05, 4.69) is 5.32 Å². The number of anilines is 1. The quantitative estimate of drug-likeness (QED) is 0.895. The van der Waals surface area contributed by atoms with Crippen LogP contribution in [0.4, 0.5) is 10.1 Å². The maximum absolute atomic E-state index is 12.9. The number of carbonyl (C=O) groups excluding carboxylic acids is 1. The zero-order valence-corrected chi connectivity index (χ0v) is 11.1. The van der Waals surface area contributed by atoms with Crippen LogP contribution in [0.1, 0.15) is 13.8 Å². The summed E-state index contributed by atoms with van der Waals surface area (Å²) in [6, 6.07) is 3.78. The molecule has 0 radical (unpaired) electrons. The van der Waals surface area contributed by atoms with Crippen LogP contribution < -0.4 is 11.1 Å². The van der Waals surface area contributed by atoms with Crippen molar-refractivity contribution < 1.29 is 9.18 Å². The predicted octanol–water partition coefficient (Wildman–Crippen LogP) is 2.82. The molecule has 2 atom stereocenters. The molecule has 17 heavy (non-hydrogen) atoms. The van der Waals surface area contributed by atoms with Gasteiger partial charge in [-0.25, -0.2) is 4.39 Å². The van der Waals surface area contributed by atoms with Crippen molar-refractivity contribution in [2.24, 2.45) is 11.7 Å². The lowest BCUT2D eigenvalue weighted by Crippen LogP contribution is -2.34. The van der Waals surface area contributed by atoms with Crippen LogP contribution in [-0.2, 0) is 4.79 Å². The van der Waals surface area contributed by atoms with Crippen molar-refractivity contribution in [1.29, 1.82) is 0 Å². The lowest BCUT2D eigenvalue weighted by molar-refractivity contribution is -0.119. The zero-order valence-electron chi connectivity index (χ0n) is 9.54. The molecule has 0 aromatic heterocycles. The fourth-order valence-corrected chi connectivity index (χ4v) is 1.25. The summed E-state index contributed by atoms with van der Waals surface area (Å²) in [6.45, 7) is 3.48. The molecular weight excluding hydrogens is 266 g/mol. The molecule has 1 aromatic carbocycles. The Balaban J connectivity index is 0.00000256. The Morgan fingerprint density at radius 1 is 1.47 bits per heavy atom. The van der Waals surface area contributed by atoms with E-state index in [4.69, 9.17) is 17.3 Å². The summed E-state index contributed by atoms with van der Waals surface area (Å²) >= 11 is 5.59. The minimum atomic E-state index is -0.514. The number of hydrogen-bond donors (Lipinski definition) is 2. The van der Waals surface area contributed by atoms with Crippen molar-refractivity contribution in [3.05, 3.63) is 29.0 Å². The second-order valence-corrected chi connectivity index (χ2v) is 4.17. The Bertz CT molecular complexity index is 399. The number of nitrogens with two attached hydrogens (primary N) is 1. The molecule has 0 aliphatic rings. The number of nitrogens with one attached hydrogen (secondary N) is 1. The Labute approximate surface area is 111 Å². The van der Waals surface area contributed by atoms with Crippen molar-refractivity contribution in [3.63, 3.8) is 0 Å². The van der Waals surface area contributed by atoms with E-state index >= 15 is 0 Å². The Kier molecular flexibility index (Phi) is 6.45. The first kappa shape index (κ1) is 16.2. The Hall–Kier alpha value is -0.840. The molecule has 6 heteroatoms. The molecule has 0 heterocycles. The van der Waals surface area contributed by atoms with Gasteiger partial charge in [-0.1, -0.05) is 18.5 Å². The van der Waals surface area contributed by atoms with Gasteiger partial charge in [0.1, 0.15) is 5.82 Å². The predicted molar refractivity (Wildman–Crippen MR) is 70.1 cm³/mol. The summed E-state index contributed by atoms with van der Waals surface area (Å²) in [4.78, 5) is 11.6. The standard InChI is InChI=1S/C11H14ClFN2O.ClH/c1-6(7(2)14)11(16)15-8-3-4-10(13)9(12)5-8;/h3-7H,14H2,1-2H3,(H,15,16);1H. The SMILES string of the molecule is CC(N)C(C)C(=O)Nc1ccc(F)c(Cl)c1.Cl. The van der Waals surface area contributed by atoms with E-state index in [0.29, 0.717) is 5.69 Å². The molecule has 0 saturated heterocycles. The molecule has 0 aliphatic heterocycles. The van der Waals surface area contributed by atoms with E-state index in [0.717, 1.165) is 0 Å². The highest BCUT2D eigenvalue weighted by Crippen LogP contribution is 2.19. The molecule has 0 spiro atoms. The number of halogens is 3. The normalized spacial score (nSPS) is 13.5. The zero-order chi connectivity index (χ0) is 12.3. The molecule has 0 fully saturated rings. The van der Waals surface area contributed by atoms with Crippen LogP contribution in [0.15, 0.2) is 18.2 Å². The van der Waals surface area contributed by atoms with Gasteiger partial charge in [0, 0.05) is 11.7 Å². The average Bonchev–Trinajstić information content (AvgIpc) is 2.22. The summed E-state index contributed by atoms with van der Waals surface area (Å²) in [5.74, 6) is -1.04. The first-order chi connectivity index (χ1) is 7.41. The van der Waals surface area contributed by atoms with Gasteiger partial charge in [-0.3, -0.25) is 4.79 Å². The molecule has 1 aromatic rings. The minimum absolute atomic E-state index is 0. The first-order valence-electron chi connectivity index (χ1n) is 4.93. The van der Waals surface area contributed by atoms with Crippen LogP contribution in [0.3, 0.4) is 0 Å². The van der Waals surface area contributed by atoms with Gasteiger partial charge in [0.25, 0.3) is 0 Å². The Morgan fingerprint density at radius 3 is 2.53 bits per heavy atom. The maximum atomic E-state index is 12.9. The van der Waals surface area contributed by atoms with Gasteiger partial charge in [-0.2, -0.15) is 0 Å². The molecule has 1 amide bonds. The second-order valence-electron chi connectivity index (χ2n) is 3.77. The van der Waals surface area contributed by atoms with Crippen molar-refractivity contribution in [2.75, 3.05) is 5.32 Å². The third-order valence-corrected chi connectivity index (χ3v) is 2.68. The van der Waals surface area contributed by atoms with Crippen LogP contribution in [0.2, 0.25) is 5.02 Å². The summed E-state index contributed by atoms with van der Waals surface area (Å²) < 4.78 is 12.9. The molecule has 1 rings (SSSR count). The smallest absolute Gasteiger partial charge is 0.228 e. The fourth-order valence-electron chi connectivity index (χ4n) is 1.07. The van der Waals surface area contributed by atoms with Gasteiger partial charge in [0.05, 0.1) is 10.9 Å². The largest absolute Gasteiger partial charge is 0.327 e. The van der Waals surface area contributed by atoms with E-state index in [9.17, 15) is 9.18 Å². The monoisotopic (exact) mass is 280 g/mol. The fraction of sp³-hybridized carbons (Fsp3) is 0.364. The topological polar surface area (TPSA) is 55.1 Å². The highest BCUT2D eigenvalue weighted by atomic mass is 35.5. The van der Waals surface area contributed by atoms with Crippen LogP contribution in [-0.4, -0.2) is 11.9 Å². The van der Waals surface area contributed by atoms with Crippen molar-refractivity contribution in [1.82, 2.24) is 0 Å². The van der Waals surface area contributed by atoms with E-state index in [1.165, 1.54) is 18.2 Å². The molecular formula is C11H15Cl2FN2O. The molecule has 0 saturated carbocycles. The van der Waals surface area contributed by atoms with E-state index in [-0.39, 0.29) is 35.3 Å². The number of hydrogen-bond acceptors (Lipinski definition) is 2. The van der Waals surface area contributed by atoms with Crippen LogP contribution >= 0.6 is 24.0 Å². The van der Waals surface area contributed by atoms with Crippen LogP contribution in [0.5, 0.6) is 0 Å². The molecule has 2 unspecified atom stereocenters. The van der Waals surface area contributed by atoms with E-state index in [1.54, 1.807) is 13.8 Å². The molecule has 0 bridgehead atoms. The number of benzene rings is 1. The number of carbonyl (C=O) groups is 1. The van der Waals surface area contributed by atoms with Gasteiger partial charge in [0.2, 0.25) is 5.91 Å². The average molecular weight is 281 g/mol. The Morgan fingerprint density at radius 2 is 2.06 bits per heavy atom. The lowest BCUT2D eigenvalue weighted by Gasteiger charge is -2.15. The molecule has 96 valence electrons. The van der Waals surface area contributed by atoms with Gasteiger partial charge >= 0.3 is 0 Å². The van der Waals surface area contributed by atoms with Crippen molar-refractivity contribution >= 4 is 35.6 Å². The highest BCUT2D eigenvalue weighted by molar-refractivity contribution is 6.31. The highest BCUT2D eigenvalue weighted by Gasteiger charge is 2.17. The van der Waals surface area contributed by atoms with Gasteiger partial charge in [0.15, 0.2) is 0 Å². The van der Waals surface area contributed by atoms with Crippen molar-refractivity contribution in [2.45, 2.75) is 19.9 Å². The van der Waals surface area contributed by atoms with E-state index < -0.39 is 5.82 Å². The van der Waals surface area contributed by atoms with Gasteiger partial charge in [-0.05, 0) is 25.1 Å². The van der Waals surface area contributed by atoms with Gasteiger partial charge < -0.3 is 11.1 Å². The summed E-state index contributed by atoms with van der Waals surface area (Å²) in [5, 5.41) is 2.60. The van der Waals surface area contributed by atoms with Crippen LogP contribution in [0, 0.1) is 11.7 Å². The number of rotatable bonds is 3. The van der Waals surface area contributed by atoms with Crippen LogP contribution in [0.25, 0.3) is 0 Å². The van der Waals surface area contributed by atoms with Gasteiger partial charge in [-0.15, -0.1) is 12.4 Å². The van der Waals surface area contributed by atoms with Crippen molar-refractivity contribution in [3.8, 4) is 0 Å².